The number of hydrogen-bond donors (Lipinski definition) is 0. The van der Waals surface area contributed by atoms with Crippen LogP contribution in [0.15, 0.2) is 0 Å². The largest absolute Gasteiger partial charge is 0 e. The molecule has 0 aromatic rings. The minimum atomic E-state index is 0. The summed E-state index contributed by atoms with van der Waals surface area (Å²) in [5, 5.41) is 0. The van der Waals surface area contributed by atoms with Crippen LogP contribution >= 0.6 is 0 Å². The molecule has 0 atom stereocenters. The third-order valence-electron chi connectivity index (χ3n) is 0. The van der Waals surface area contributed by atoms with E-state index < -0.39 is 0 Å². The first-order valence-electron chi connectivity index (χ1n) is 0. The van der Waals surface area contributed by atoms with Gasteiger partial charge in [-0.1, -0.05) is 0 Å². The Bertz CT molecular complexity index is 8.00. The molecule has 0 aromatic heterocycles. The molecule has 0 saturated carbocycles. The summed E-state index contributed by atoms with van der Waals surface area (Å²) < 4.78 is 0. The van der Waals surface area contributed by atoms with Gasteiger partial charge >= 0.3 is 0 Å². The first-order valence-corrected chi connectivity index (χ1v) is 0. The SMILES string of the molecule is [Ag].[Cu].[Pd].[Ru]. The van der Waals surface area contributed by atoms with Crippen molar-refractivity contribution in [2.45, 2.75) is 0 Å². The monoisotopic (exact) mass is 378 g/mol. The van der Waals surface area contributed by atoms with Crippen molar-refractivity contribution in [3.8, 4) is 0 Å². The van der Waals surface area contributed by atoms with Crippen LogP contribution in [0, 0.1) is 0 Å². The summed E-state index contributed by atoms with van der Waals surface area (Å²) in [4.78, 5) is 0. The van der Waals surface area contributed by atoms with E-state index in [9.17, 15) is 0 Å². The zero-order valence-electron chi connectivity index (χ0n) is 1.27. The second-order valence-electron chi connectivity index (χ2n) is 0. The van der Waals surface area contributed by atoms with Crippen molar-refractivity contribution in [2.75, 3.05) is 0 Å². The average molecular weight is 379 g/mol. The van der Waals surface area contributed by atoms with Crippen molar-refractivity contribution in [1.82, 2.24) is 0 Å². The van der Waals surface area contributed by atoms with Crippen molar-refractivity contribution in [2.24, 2.45) is 0 Å². The fraction of sp³-hybridized carbons (Fsp3) is 0. The zero-order chi connectivity index (χ0) is 0. The van der Waals surface area contributed by atoms with Gasteiger partial charge in [-0.05, 0) is 0 Å². The Kier molecular flexibility index (Phi) is 137. The smallest absolute Gasteiger partial charge is 0 e. The second kappa shape index (κ2) is 17.7. The van der Waals surface area contributed by atoms with Crippen molar-refractivity contribution < 1.29 is 79.3 Å². The predicted molar refractivity (Wildman–Crippen MR) is 0 cm³/mol. The third kappa shape index (κ3) is 8.82. The summed E-state index contributed by atoms with van der Waals surface area (Å²) in [7, 11) is 0. The summed E-state index contributed by atoms with van der Waals surface area (Å²) in [6.45, 7) is 0. The molecular weight excluding hydrogens is 379 g/mol. The molecule has 0 aromatic carbocycles. The van der Waals surface area contributed by atoms with E-state index in [0.717, 1.165) is 0 Å². The van der Waals surface area contributed by atoms with Gasteiger partial charge in [-0.15, -0.1) is 0 Å². The number of rotatable bonds is 0. The Morgan fingerprint density at radius 2 is 1.00 bits per heavy atom. The van der Waals surface area contributed by atoms with Crippen LogP contribution < -0.4 is 0 Å². The molecule has 0 nitrogen and oxygen atoms in total. The first-order chi connectivity index (χ1) is 0. The van der Waals surface area contributed by atoms with Gasteiger partial charge in [0.2, 0.25) is 0 Å². The first kappa shape index (κ1) is 31.1. The Labute approximate surface area is 78.3 Å². The van der Waals surface area contributed by atoms with Crippen molar-refractivity contribution >= 4 is 0 Å². The maximum absolute atomic E-state index is 0. The van der Waals surface area contributed by atoms with Gasteiger partial charge in [0.15, 0.2) is 0 Å². The molecule has 0 N–H and O–H groups in total. The van der Waals surface area contributed by atoms with Gasteiger partial charge in [0, 0.05) is 79.3 Å². The molecule has 0 aliphatic carbocycles. The summed E-state index contributed by atoms with van der Waals surface area (Å²) in [5.74, 6) is 0. The van der Waals surface area contributed by atoms with E-state index in [1.54, 1.807) is 0 Å². The molecule has 0 bridgehead atoms. The van der Waals surface area contributed by atoms with E-state index in [-0.39, 0.29) is 79.3 Å². The quantitative estimate of drug-likeness (QED) is 0.520. The second-order valence-corrected chi connectivity index (χ2v) is 0. The Morgan fingerprint density at radius 3 is 1.00 bits per heavy atom. The van der Waals surface area contributed by atoms with E-state index in [1.165, 1.54) is 0 Å². The van der Waals surface area contributed by atoms with Crippen LogP contribution in [0.5, 0.6) is 0 Å². The van der Waals surface area contributed by atoms with Gasteiger partial charge in [0.1, 0.15) is 0 Å². The van der Waals surface area contributed by atoms with Gasteiger partial charge in [0.25, 0.3) is 0 Å². The third-order valence-corrected chi connectivity index (χ3v) is 0. The molecule has 0 rings (SSSR count). The molecule has 0 aliphatic heterocycles. The van der Waals surface area contributed by atoms with E-state index in [1.807, 2.05) is 0 Å². The van der Waals surface area contributed by atoms with E-state index >= 15 is 0 Å². The molecule has 4 heavy (non-hydrogen) atoms. The summed E-state index contributed by atoms with van der Waals surface area (Å²) in [6, 6.07) is 0. The molecule has 0 heterocycles. The summed E-state index contributed by atoms with van der Waals surface area (Å²) in [5.41, 5.74) is 0. The molecule has 0 amide bonds. The minimum absolute atomic E-state index is 0. The van der Waals surface area contributed by atoms with Crippen molar-refractivity contribution in [3.63, 3.8) is 0 Å². The maximum atomic E-state index is 0. The van der Waals surface area contributed by atoms with Gasteiger partial charge in [-0.3, -0.25) is 0 Å². The molecule has 4 heteroatoms. The van der Waals surface area contributed by atoms with Crippen molar-refractivity contribution in [1.29, 1.82) is 0 Å². The van der Waals surface area contributed by atoms with Crippen LogP contribution in [-0.2, 0) is 79.3 Å². The topological polar surface area (TPSA) is 0 Å². The molecule has 2 radical (unpaired) electrons. The van der Waals surface area contributed by atoms with Gasteiger partial charge in [-0.2, -0.15) is 0 Å². The molecule has 0 spiro atoms. The summed E-state index contributed by atoms with van der Waals surface area (Å²) >= 11 is 0. The minimum Gasteiger partial charge on any atom is 0 e. The van der Waals surface area contributed by atoms with E-state index in [2.05, 4.69) is 0 Å². The van der Waals surface area contributed by atoms with Crippen LogP contribution in [0.1, 0.15) is 0 Å². The Balaban J connectivity index is 0. The van der Waals surface area contributed by atoms with Crippen molar-refractivity contribution in [3.05, 3.63) is 0 Å². The van der Waals surface area contributed by atoms with Crippen LogP contribution in [0.2, 0.25) is 0 Å². The Hall–Kier alpha value is 2.55. The molecular formula is AgCuPdRu. The van der Waals surface area contributed by atoms with Gasteiger partial charge in [-0.25, -0.2) is 0 Å². The van der Waals surface area contributed by atoms with Crippen LogP contribution in [-0.4, -0.2) is 0 Å². The molecule has 0 saturated heterocycles. The standard InChI is InChI=1S/Ag.Cu.Pd.Ru. The predicted octanol–water partition coefficient (Wildman–Crippen LogP) is -0.0100. The maximum Gasteiger partial charge on any atom is 0 e. The average Bonchev–Trinajstić information content (AvgIpc) is 0. The summed E-state index contributed by atoms with van der Waals surface area (Å²) in [6.07, 6.45) is 0. The number of hydrogen-bond acceptors (Lipinski definition) is 0. The van der Waals surface area contributed by atoms with E-state index in [0.29, 0.717) is 0 Å². The molecule has 40 valence electrons. The fourth-order valence-corrected chi connectivity index (χ4v) is 0. The molecule has 0 unspecified atom stereocenters. The molecule has 0 fully saturated rings. The molecule has 0 aliphatic rings. The van der Waals surface area contributed by atoms with E-state index in [4.69, 9.17) is 0 Å². The normalized spacial score (nSPS) is 0. The zero-order valence-corrected chi connectivity index (χ0v) is 6.99. The van der Waals surface area contributed by atoms with Crippen LogP contribution in [0.25, 0.3) is 0 Å². The van der Waals surface area contributed by atoms with Crippen LogP contribution in [0.4, 0.5) is 0 Å². The Morgan fingerprint density at radius 1 is 1.00 bits per heavy atom. The van der Waals surface area contributed by atoms with Gasteiger partial charge in [0.05, 0.1) is 0 Å². The fourth-order valence-electron chi connectivity index (χ4n) is 0. The van der Waals surface area contributed by atoms with Crippen LogP contribution in [0.3, 0.4) is 0 Å². The van der Waals surface area contributed by atoms with Gasteiger partial charge < -0.3 is 0 Å².